The fraction of sp³-hybridized carbons (Fsp3) is 0.162. The molecule has 8 nitrogen and oxygen atoms in total. The third kappa shape index (κ3) is 6.74. The van der Waals surface area contributed by atoms with E-state index in [9.17, 15) is 19.8 Å². The summed E-state index contributed by atoms with van der Waals surface area (Å²) in [7, 11) is 0. The number of anilines is 2. The molecule has 0 bridgehead atoms. The predicted molar refractivity (Wildman–Crippen MR) is 197 cm³/mol. The molecule has 2 heterocycles. The molecule has 5 aromatic rings. The van der Waals surface area contributed by atoms with Gasteiger partial charge in [-0.2, -0.15) is 0 Å². The van der Waals surface area contributed by atoms with Crippen molar-refractivity contribution in [1.82, 2.24) is 4.57 Å². The van der Waals surface area contributed by atoms with E-state index in [0.717, 1.165) is 45.2 Å². The van der Waals surface area contributed by atoms with Gasteiger partial charge in [-0.05, 0) is 67.4 Å². The van der Waals surface area contributed by atoms with Crippen LogP contribution in [0.1, 0.15) is 51.5 Å². The van der Waals surface area contributed by atoms with Crippen LogP contribution in [0.4, 0.5) is 11.4 Å². The molecule has 1 aliphatic rings. The Hall–Kier alpha value is -4.47. The van der Waals surface area contributed by atoms with Crippen LogP contribution in [0.5, 0.6) is 0 Å². The van der Waals surface area contributed by atoms with Crippen molar-refractivity contribution in [2.75, 3.05) is 16.3 Å². The van der Waals surface area contributed by atoms with Gasteiger partial charge < -0.3 is 20.0 Å². The van der Waals surface area contributed by atoms with Crippen molar-refractivity contribution < 1.29 is 24.4 Å². The van der Waals surface area contributed by atoms with Crippen molar-refractivity contribution in [1.29, 1.82) is 0 Å². The van der Waals surface area contributed by atoms with Crippen molar-refractivity contribution in [3.63, 3.8) is 0 Å². The van der Waals surface area contributed by atoms with E-state index >= 15 is 0 Å². The summed E-state index contributed by atoms with van der Waals surface area (Å²) in [5.74, 6) is -0.192. The maximum absolute atomic E-state index is 11.5. The summed E-state index contributed by atoms with van der Waals surface area (Å²) < 4.78 is 4.29. The number of carbonyl (C=O) groups is 2. The van der Waals surface area contributed by atoms with Gasteiger partial charge in [-0.3, -0.25) is 0 Å². The number of aromatic carboxylic acids is 2. The standard InChI is InChI=1S/C37H30Cl4N4O4/c1-3-42-30-16-26(38)28(40)18-32(30)44(20-22-8-12-24(13-9-22)36(46)47)34(42)6-5-7-35-43(4-2)31-17-27(39)29(41)19-33(31)45(35)21-23-10-14-25(15-11-23)37(48)49/h5-19H,3-4,20-21H2,1-2H3,(H-,46,47,48,49)/p+1. The number of rotatable bonds is 10. The Labute approximate surface area is 303 Å². The minimum atomic E-state index is -0.981. The number of halogens is 4. The van der Waals surface area contributed by atoms with E-state index in [1.807, 2.05) is 66.8 Å². The zero-order valence-corrected chi connectivity index (χ0v) is 29.5. The number of fused-ring (bicyclic) bond motifs is 2. The molecule has 49 heavy (non-hydrogen) atoms. The van der Waals surface area contributed by atoms with Crippen LogP contribution in [-0.4, -0.2) is 33.3 Å². The predicted octanol–water partition coefficient (Wildman–Crippen LogP) is 9.41. The molecular formula is C37H31Cl4N4O4+. The highest BCUT2D eigenvalue weighted by molar-refractivity contribution is 6.43. The molecule has 0 saturated carbocycles. The summed E-state index contributed by atoms with van der Waals surface area (Å²) in [6, 6.07) is 21.1. The molecule has 1 aromatic heterocycles. The lowest BCUT2D eigenvalue weighted by Crippen LogP contribution is -2.37. The summed E-state index contributed by atoms with van der Waals surface area (Å²) in [4.78, 5) is 27.2. The van der Waals surface area contributed by atoms with Gasteiger partial charge in [-0.15, -0.1) is 0 Å². The van der Waals surface area contributed by atoms with E-state index in [-0.39, 0.29) is 11.1 Å². The Kier molecular flexibility index (Phi) is 9.95. The molecule has 0 saturated heterocycles. The Morgan fingerprint density at radius 2 is 1.24 bits per heavy atom. The number of aromatic nitrogens is 2. The van der Waals surface area contributed by atoms with Gasteiger partial charge in [0.2, 0.25) is 0 Å². The molecule has 1 aliphatic heterocycles. The zero-order valence-electron chi connectivity index (χ0n) is 26.5. The number of carboxylic acids is 2. The molecule has 0 fully saturated rings. The van der Waals surface area contributed by atoms with Crippen LogP contribution in [0, 0.1) is 0 Å². The number of benzene rings is 4. The van der Waals surface area contributed by atoms with Crippen LogP contribution >= 0.6 is 46.4 Å². The van der Waals surface area contributed by atoms with E-state index < -0.39 is 11.9 Å². The van der Waals surface area contributed by atoms with Crippen molar-refractivity contribution in [3.8, 4) is 0 Å². The van der Waals surface area contributed by atoms with Crippen LogP contribution in [0.3, 0.4) is 0 Å². The highest BCUT2D eigenvalue weighted by Crippen LogP contribution is 2.46. The van der Waals surface area contributed by atoms with Gasteiger partial charge in [0, 0.05) is 31.3 Å². The Morgan fingerprint density at radius 3 is 1.80 bits per heavy atom. The number of hydrogen-bond donors (Lipinski definition) is 2. The largest absolute Gasteiger partial charge is 0.478 e. The second-order valence-corrected chi connectivity index (χ2v) is 13.0. The minimum absolute atomic E-state index is 0.217. The second kappa shape index (κ2) is 14.2. The van der Waals surface area contributed by atoms with Crippen molar-refractivity contribution in [2.24, 2.45) is 0 Å². The zero-order chi connectivity index (χ0) is 35.0. The monoisotopic (exact) mass is 735 g/mol. The highest BCUT2D eigenvalue weighted by atomic mass is 35.5. The number of allylic oxidation sites excluding steroid dienone is 2. The topological polar surface area (TPSA) is 89.9 Å². The molecule has 0 radical (unpaired) electrons. The van der Waals surface area contributed by atoms with E-state index in [1.165, 1.54) is 0 Å². The third-order valence-electron chi connectivity index (χ3n) is 8.51. The Morgan fingerprint density at radius 1 is 0.714 bits per heavy atom. The van der Waals surface area contributed by atoms with Crippen LogP contribution in [0.25, 0.3) is 17.1 Å². The van der Waals surface area contributed by atoms with E-state index in [0.29, 0.717) is 46.3 Å². The maximum Gasteiger partial charge on any atom is 0.335 e. The molecule has 0 unspecified atom stereocenters. The molecule has 0 spiro atoms. The molecular weight excluding hydrogens is 706 g/mol. The molecule has 4 aromatic carbocycles. The first-order valence-corrected chi connectivity index (χ1v) is 17.0. The lowest BCUT2D eigenvalue weighted by Gasteiger charge is -2.24. The van der Waals surface area contributed by atoms with E-state index in [4.69, 9.17) is 46.4 Å². The molecule has 6 rings (SSSR count). The van der Waals surface area contributed by atoms with Crippen molar-refractivity contribution >= 4 is 86.8 Å². The van der Waals surface area contributed by atoms with Gasteiger partial charge in [0.25, 0.3) is 5.82 Å². The van der Waals surface area contributed by atoms with Gasteiger partial charge in [0.15, 0.2) is 11.0 Å². The summed E-state index contributed by atoms with van der Waals surface area (Å²) in [5.41, 5.74) is 5.85. The van der Waals surface area contributed by atoms with Crippen LogP contribution in [-0.2, 0) is 19.6 Å². The van der Waals surface area contributed by atoms with Gasteiger partial charge in [-0.1, -0.05) is 76.7 Å². The number of nitrogens with zero attached hydrogens (tertiary/aromatic N) is 4. The molecule has 2 N–H and O–H groups in total. The SMILES string of the molecule is CCN1/C(=C\C=C\c2n(CC)c3cc(Cl)c(Cl)cc3[n+]2Cc2ccc(C(=O)O)cc2)N(Cc2ccc(C(=O)O)cc2)c2cc(Cl)c(Cl)cc21. The van der Waals surface area contributed by atoms with Gasteiger partial charge >= 0.3 is 11.9 Å². The average Bonchev–Trinajstić information content (AvgIpc) is 3.51. The quantitative estimate of drug-likeness (QED) is 0.139. The molecule has 250 valence electrons. The fourth-order valence-electron chi connectivity index (χ4n) is 6.15. The van der Waals surface area contributed by atoms with Gasteiger partial charge in [0.05, 0.1) is 49.1 Å². The second-order valence-electron chi connectivity index (χ2n) is 11.4. The first-order chi connectivity index (χ1) is 23.5. The molecule has 0 atom stereocenters. The fourth-order valence-corrected chi connectivity index (χ4v) is 6.78. The Bertz CT molecular complexity index is 2160. The van der Waals surface area contributed by atoms with Gasteiger partial charge in [-0.25, -0.2) is 18.7 Å². The molecule has 12 heteroatoms. The maximum atomic E-state index is 11.5. The number of hydrogen-bond acceptors (Lipinski definition) is 4. The molecule has 0 amide bonds. The summed E-state index contributed by atoms with van der Waals surface area (Å²) >= 11 is 26.0. The smallest absolute Gasteiger partial charge is 0.335 e. The van der Waals surface area contributed by atoms with Crippen molar-refractivity contribution in [3.05, 3.63) is 139 Å². The number of carboxylic acid groups (broad SMARTS) is 2. The van der Waals surface area contributed by atoms with E-state index in [2.05, 4.69) is 32.8 Å². The summed E-state index contributed by atoms with van der Waals surface area (Å²) in [6.07, 6.45) is 6.04. The molecule has 0 aliphatic carbocycles. The first kappa shape index (κ1) is 34.4. The first-order valence-electron chi connectivity index (χ1n) is 15.5. The normalized spacial score (nSPS) is 13.6. The lowest BCUT2D eigenvalue weighted by atomic mass is 10.1. The number of imidazole rings is 1. The highest BCUT2D eigenvalue weighted by Gasteiger charge is 2.32. The third-order valence-corrected chi connectivity index (χ3v) is 9.95. The van der Waals surface area contributed by atoms with Crippen LogP contribution < -0.4 is 14.4 Å². The Balaban J connectivity index is 1.45. The minimum Gasteiger partial charge on any atom is -0.478 e. The van der Waals surface area contributed by atoms with E-state index in [1.54, 1.807) is 24.3 Å². The lowest BCUT2D eigenvalue weighted by molar-refractivity contribution is -0.665. The summed E-state index contributed by atoms with van der Waals surface area (Å²) in [5, 5.41) is 20.5. The summed E-state index contributed by atoms with van der Waals surface area (Å²) in [6.45, 7) is 6.33. The number of aryl methyl sites for hydroxylation is 1. The average molecular weight is 737 g/mol. The van der Waals surface area contributed by atoms with Crippen LogP contribution in [0.15, 0.2) is 90.8 Å². The van der Waals surface area contributed by atoms with Gasteiger partial charge in [0.1, 0.15) is 12.4 Å². The van der Waals surface area contributed by atoms with Crippen molar-refractivity contribution in [2.45, 2.75) is 33.5 Å². The van der Waals surface area contributed by atoms with Crippen LogP contribution in [0.2, 0.25) is 20.1 Å².